The van der Waals surface area contributed by atoms with Gasteiger partial charge in [-0.1, -0.05) is 6.42 Å². The smallest absolute Gasteiger partial charge is 0.167 e. The second-order valence-electron chi connectivity index (χ2n) is 5.50. The highest BCUT2D eigenvalue weighted by atomic mass is 32.1. The van der Waals surface area contributed by atoms with Crippen molar-refractivity contribution in [3.8, 4) is 0 Å². The van der Waals surface area contributed by atoms with E-state index in [0.29, 0.717) is 6.04 Å². The predicted octanol–water partition coefficient (Wildman–Crippen LogP) is 2.91. The van der Waals surface area contributed by atoms with Crippen molar-refractivity contribution in [1.82, 2.24) is 25.1 Å². The molecule has 2 aromatic heterocycles. The van der Waals surface area contributed by atoms with E-state index in [1.807, 2.05) is 18.3 Å². The number of aromatic nitrogens is 4. The summed E-state index contributed by atoms with van der Waals surface area (Å²) >= 11 is 1.81. The summed E-state index contributed by atoms with van der Waals surface area (Å²) in [6, 6.07) is 0.343. The Morgan fingerprint density at radius 2 is 2.10 bits per heavy atom. The minimum atomic E-state index is 0.343. The number of nitrogens with zero attached hydrogens (tertiary/aromatic N) is 4. The van der Waals surface area contributed by atoms with Crippen LogP contribution in [0.1, 0.15) is 52.5 Å². The number of hydrogen-bond donors (Lipinski definition) is 1. The van der Waals surface area contributed by atoms with Crippen LogP contribution >= 0.6 is 11.3 Å². The highest BCUT2D eigenvalue weighted by molar-refractivity contribution is 7.11. The van der Waals surface area contributed by atoms with Crippen molar-refractivity contribution in [2.75, 3.05) is 6.54 Å². The fourth-order valence-corrected chi connectivity index (χ4v) is 3.85. The van der Waals surface area contributed by atoms with Gasteiger partial charge in [-0.05, 0) is 40.2 Å². The van der Waals surface area contributed by atoms with Gasteiger partial charge >= 0.3 is 0 Å². The van der Waals surface area contributed by atoms with Crippen molar-refractivity contribution in [2.45, 2.75) is 52.6 Å². The lowest BCUT2D eigenvalue weighted by molar-refractivity contribution is 0.135. The standard InChI is InChI=1S/C14H21N5S/c1-9-13(20-11(3)15-9)8-19-7-5-4-6-12(19)14-16-10(2)17-18-14/h12H,4-8H2,1-3H3,(H,16,17,18). The molecule has 1 unspecified atom stereocenters. The molecule has 0 bridgehead atoms. The largest absolute Gasteiger partial charge is 0.288 e. The number of aryl methyl sites for hydroxylation is 3. The van der Waals surface area contributed by atoms with E-state index in [2.05, 4.69) is 38.9 Å². The number of likely N-dealkylation sites (tertiary alicyclic amines) is 1. The predicted molar refractivity (Wildman–Crippen MR) is 79.7 cm³/mol. The molecule has 0 aliphatic carbocycles. The summed E-state index contributed by atoms with van der Waals surface area (Å²) in [7, 11) is 0. The van der Waals surface area contributed by atoms with E-state index >= 15 is 0 Å². The molecule has 1 aliphatic heterocycles. The monoisotopic (exact) mass is 291 g/mol. The second kappa shape index (κ2) is 5.61. The summed E-state index contributed by atoms with van der Waals surface area (Å²) < 4.78 is 0. The number of aromatic amines is 1. The van der Waals surface area contributed by atoms with E-state index in [9.17, 15) is 0 Å². The van der Waals surface area contributed by atoms with Crippen LogP contribution in [0.25, 0.3) is 0 Å². The van der Waals surface area contributed by atoms with Crippen LogP contribution in [0.15, 0.2) is 0 Å². The SMILES string of the molecule is Cc1nc(C2CCCCN2Cc2sc(C)nc2C)n[nH]1. The summed E-state index contributed by atoms with van der Waals surface area (Å²) in [6.07, 6.45) is 3.67. The van der Waals surface area contributed by atoms with Gasteiger partial charge < -0.3 is 0 Å². The summed E-state index contributed by atoms with van der Waals surface area (Å²) in [4.78, 5) is 12.9. The molecule has 0 aromatic carbocycles. The zero-order valence-corrected chi connectivity index (χ0v) is 13.1. The minimum absolute atomic E-state index is 0.343. The third-order valence-corrected chi connectivity index (χ3v) is 4.93. The summed E-state index contributed by atoms with van der Waals surface area (Å²) in [5, 5.41) is 8.49. The Balaban J connectivity index is 1.80. The molecule has 0 radical (unpaired) electrons. The van der Waals surface area contributed by atoms with Crippen LogP contribution in [-0.4, -0.2) is 31.6 Å². The number of hydrogen-bond acceptors (Lipinski definition) is 5. The first-order valence-corrected chi connectivity index (χ1v) is 8.01. The van der Waals surface area contributed by atoms with Crippen LogP contribution in [0.5, 0.6) is 0 Å². The van der Waals surface area contributed by atoms with E-state index in [-0.39, 0.29) is 0 Å². The van der Waals surface area contributed by atoms with Crippen LogP contribution in [0.4, 0.5) is 0 Å². The van der Waals surface area contributed by atoms with Crippen molar-refractivity contribution in [3.63, 3.8) is 0 Å². The van der Waals surface area contributed by atoms with Crippen LogP contribution in [0, 0.1) is 20.8 Å². The van der Waals surface area contributed by atoms with Gasteiger partial charge in [0.05, 0.1) is 16.7 Å². The van der Waals surface area contributed by atoms with Gasteiger partial charge in [0.15, 0.2) is 5.82 Å². The van der Waals surface area contributed by atoms with Crippen molar-refractivity contribution < 1.29 is 0 Å². The van der Waals surface area contributed by atoms with E-state index in [4.69, 9.17) is 0 Å². The molecule has 3 heterocycles. The Bertz CT molecular complexity index is 588. The minimum Gasteiger partial charge on any atom is -0.288 e. The molecule has 0 amide bonds. The number of H-pyrrole nitrogens is 1. The summed E-state index contributed by atoms with van der Waals surface area (Å²) in [5.74, 6) is 1.84. The van der Waals surface area contributed by atoms with Gasteiger partial charge in [-0.3, -0.25) is 10.00 Å². The molecule has 0 spiro atoms. The fourth-order valence-electron chi connectivity index (χ4n) is 2.89. The van der Waals surface area contributed by atoms with E-state index < -0.39 is 0 Å². The van der Waals surface area contributed by atoms with Gasteiger partial charge in [-0.2, -0.15) is 5.10 Å². The topological polar surface area (TPSA) is 57.7 Å². The third kappa shape index (κ3) is 2.76. The number of thiazole rings is 1. The normalized spacial score (nSPS) is 20.4. The molecule has 2 aromatic rings. The molecule has 20 heavy (non-hydrogen) atoms. The molecule has 1 N–H and O–H groups in total. The molecule has 5 nitrogen and oxygen atoms in total. The van der Waals surface area contributed by atoms with Crippen LogP contribution < -0.4 is 0 Å². The highest BCUT2D eigenvalue weighted by Gasteiger charge is 2.27. The molecule has 1 fully saturated rings. The van der Waals surface area contributed by atoms with E-state index in [1.165, 1.54) is 23.4 Å². The maximum absolute atomic E-state index is 4.53. The Morgan fingerprint density at radius 1 is 1.25 bits per heavy atom. The van der Waals surface area contributed by atoms with Crippen LogP contribution in [-0.2, 0) is 6.54 Å². The van der Waals surface area contributed by atoms with Gasteiger partial charge in [-0.25, -0.2) is 9.97 Å². The molecule has 1 aliphatic rings. The van der Waals surface area contributed by atoms with Crippen molar-refractivity contribution in [1.29, 1.82) is 0 Å². The lowest BCUT2D eigenvalue weighted by Crippen LogP contribution is -2.33. The molecule has 1 saturated heterocycles. The first-order chi connectivity index (χ1) is 9.63. The first kappa shape index (κ1) is 13.7. The second-order valence-corrected chi connectivity index (χ2v) is 6.79. The first-order valence-electron chi connectivity index (χ1n) is 7.19. The average Bonchev–Trinajstić information content (AvgIpc) is 2.97. The quantitative estimate of drug-likeness (QED) is 0.944. The van der Waals surface area contributed by atoms with Gasteiger partial charge in [0.1, 0.15) is 5.82 Å². The molecular weight excluding hydrogens is 270 g/mol. The molecule has 3 rings (SSSR count). The van der Waals surface area contributed by atoms with Gasteiger partial charge in [0, 0.05) is 11.4 Å². The average molecular weight is 291 g/mol. The summed E-state index contributed by atoms with van der Waals surface area (Å²) in [6.45, 7) is 8.23. The number of nitrogens with one attached hydrogen (secondary N) is 1. The number of rotatable bonds is 3. The molecule has 6 heteroatoms. The maximum atomic E-state index is 4.53. The Kier molecular flexibility index (Phi) is 3.85. The molecular formula is C14H21N5S. The molecule has 0 saturated carbocycles. The van der Waals surface area contributed by atoms with Gasteiger partial charge in [0.25, 0.3) is 0 Å². The number of piperidine rings is 1. The highest BCUT2D eigenvalue weighted by Crippen LogP contribution is 2.31. The van der Waals surface area contributed by atoms with E-state index in [1.54, 1.807) is 0 Å². The van der Waals surface area contributed by atoms with Gasteiger partial charge in [0.2, 0.25) is 0 Å². The van der Waals surface area contributed by atoms with Crippen molar-refractivity contribution in [3.05, 3.63) is 27.2 Å². The molecule has 108 valence electrons. The summed E-state index contributed by atoms with van der Waals surface area (Å²) in [5.41, 5.74) is 1.17. The maximum Gasteiger partial charge on any atom is 0.167 e. The Morgan fingerprint density at radius 3 is 2.75 bits per heavy atom. The fraction of sp³-hybridized carbons (Fsp3) is 0.643. The van der Waals surface area contributed by atoms with E-state index in [0.717, 1.165) is 36.2 Å². The van der Waals surface area contributed by atoms with Crippen LogP contribution in [0.2, 0.25) is 0 Å². The zero-order valence-electron chi connectivity index (χ0n) is 12.3. The molecule has 1 atom stereocenters. The Labute approximate surface area is 123 Å². The lowest BCUT2D eigenvalue weighted by Gasteiger charge is -2.33. The third-order valence-electron chi connectivity index (χ3n) is 3.87. The lowest BCUT2D eigenvalue weighted by atomic mass is 10.0. The van der Waals surface area contributed by atoms with Crippen LogP contribution in [0.3, 0.4) is 0 Å². The van der Waals surface area contributed by atoms with Gasteiger partial charge in [-0.15, -0.1) is 11.3 Å². The zero-order chi connectivity index (χ0) is 14.1. The Hall–Kier alpha value is -1.27. The van der Waals surface area contributed by atoms with Crippen molar-refractivity contribution in [2.24, 2.45) is 0 Å². The van der Waals surface area contributed by atoms with Crippen molar-refractivity contribution >= 4 is 11.3 Å².